The van der Waals surface area contributed by atoms with Crippen LogP contribution in [0, 0.1) is 36.5 Å². The van der Waals surface area contributed by atoms with Gasteiger partial charge in [-0.25, -0.2) is 0 Å². The number of nitrogens with one attached hydrogen (secondary N) is 1. The number of carbonyl (C=O) groups is 1. The number of rotatable bonds is 8. The van der Waals surface area contributed by atoms with E-state index in [1.54, 1.807) is 6.08 Å². The number of amides is 1. The molecule has 0 atom stereocenters. The van der Waals surface area contributed by atoms with Gasteiger partial charge in [-0.3, -0.25) is 4.79 Å². The SMILES string of the molecule is Cc1cccc(NC(=O)/C=C\c2ccc(N(CCC#N)CCC#N)cc2C)c1. The Morgan fingerprint density at radius 2 is 1.79 bits per heavy atom. The first-order valence-electron chi connectivity index (χ1n) is 9.18. The summed E-state index contributed by atoms with van der Waals surface area (Å²) in [5, 5.41) is 20.5. The second-order valence-corrected chi connectivity index (χ2v) is 6.54. The van der Waals surface area contributed by atoms with Crippen molar-refractivity contribution in [2.24, 2.45) is 0 Å². The molecule has 0 bridgehead atoms. The maximum atomic E-state index is 12.2. The monoisotopic (exact) mass is 372 g/mol. The standard InChI is InChI=1S/C23H24N4O/c1-18-6-3-7-21(16-18)26-23(28)11-9-20-8-10-22(17-19(20)2)27(14-4-12-24)15-5-13-25/h3,6-11,16-17H,4-5,14-15H2,1-2H3,(H,26,28)/b11-9-. The van der Waals surface area contributed by atoms with Crippen LogP contribution >= 0.6 is 0 Å². The fourth-order valence-corrected chi connectivity index (χ4v) is 2.86. The van der Waals surface area contributed by atoms with Gasteiger partial charge in [0.25, 0.3) is 0 Å². The van der Waals surface area contributed by atoms with Crippen LogP contribution in [0.2, 0.25) is 0 Å². The van der Waals surface area contributed by atoms with Gasteiger partial charge in [0.2, 0.25) is 5.91 Å². The highest BCUT2D eigenvalue weighted by molar-refractivity contribution is 6.02. The predicted molar refractivity (Wildman–Crippen MR) is 113 cm³/mol. The van der Waals surface area contributed by atoms with Gasteiger partial charge in [0.15, 0.2) is 0 Å². The Labute approximate surface area is 166 Å². The van der Waals surface area contributed by atoms with Crippen LogP contribution in [-0.2, 0) is 4.79 Å². The zero-order chi connectivity index (χ0) is 20.4. The summed E-state index contributed by atoms with van der Waals surface area (Å²) in [6.45, 7) is 5.14. The highest BCUT2D eigenvalue weighted by atomic mass is 16.1. The smallest absolute Gasteiger partial charge is 0.248 e. The zero-order valence-corrected chi connectivity index (χ0v) is 16.3. The molecule has 2 rings (SSSR count). The number of benzene rings is 2. The topological polar surface area (TPSA) is 79.9 Å². The van der Waals surface area contributed by atoms with Crippen LogP contribution in [0.5, 0.6) is 0 Å². The molecule has 0 saturated heterocycles. The van der Waals surface area contributed by atoms with Crippen molar-refractivity contribution in [2.45, 2.75) is 26.7 Å². The minimum atomic E-state index is -0.182. The quantitative estimate of drug-likeness (QED) is 0.687. The van der Waals surface area contributed by atoms with Crippen LogP contribution in [0.25, 0.3) is 6.08 Å². The second kappa shape index (κ2) is 10.5. The number of hydrogen-bond donors (Lipinski definition) is 1. The first kappa shape index (κ1) is 20.7. The Morgan fingerprint density at radius 1 is 1.07 bits per heavy atom. The minimum absolute atomic E-state index is 0.182. The Morgan fingerprint density at radius 3 is 2.39 bits per heavy atom. The summed E-state index contributed by atoms with van der Waals surface area (Å²) < 4.78 is 0. The van der Waals surface area contributed by atoms with Gasteiger partial charge in [0.05, 0.1) is 25.0 Å². The molecule has 0 aliphatic rings. The lowest BCUT2D eigenvalue weighted by Gasteiger charge is -2.23. The maximum absolute atomic E-state index is 12.2. The van der Waals surface area contributed by atoms with Crippen LogP contribution < -0.4 is 10.2 Å². The van der Waals surface area contributed by atoms with Crippen molar-refractivity contribution in [2.75, 3.05) is 23.3 Å². The molecule has 2 aromatic carbocycles. The van der Waals surface area contributed by atoms with Crippen LogP contribution in [0.4, 0.5) is 11.4 Å². The molecule has 0 radical (unpaired) electrons. The molecular formula is C23H24N4O. The largest absolute Gasteiger partial charge is 0.369 e. The Bertz CT molecular complexity index is 916. The van der Waals surface area contributed by atoms with Crippen LogP contribution in [0.15, 0.2) is 48.5 Å². The van der Waals surface area contributed by atoms with Gasteiger partial charge < -0.3 is 10.2 Å². The van der Waals surface area contributed by atoms with Gasteiger partial charge >= 0.3 is 0 Å². The molecule has 0 heterocycles. The lowest BCUT2D eigenvalue weighted by Crippen LogP contribution is -2.25. The molecule has 1 N–H and O–H groups in total. The third kappa shape index (κ3) is 6.30. The third-order valence-corrected chi connectivity index (χ3v) is 4.31. The summed E-state index contributed by atoms with van der Waals surface area (Å²) in [5.41, 5.74) is 4.81. The molecule has 28 heavy (non-hydrogen) atoms. The summed E-state index contributed by atoms with van der Waals surface area (Å²) in [6, 6.07) is 17.9. The summed E-state index contributed by atoms with van der Waals surface area (Å²) in [5.74, 6) is -0.182. The zero-order valence-electron chi connectivity index (χ0n) is 16.3. The van der Waals surface area contributed by atoms with E-state index in [0.717, 1.165) is 28.1 Å². The van der Waals surface area contributed by atoms with Crippen molar-refractivity contribution in [1.29, 1.82) is 10.5 Å². The van der Waals surface area contributed by atoms with E-state index in [0.29, 0.717) is 25.9 Å². The van der Waals surface area contributed by atoms with E-state index in [1.807, 2.05) is 61.2 Å². The van der Waals surface area contributed by atoms with Crippen LogP contribution in [0.3, 0.4) is 0 Å². The molecule has 1 amide bonds. The van der Waals surface area contributed by atoms with E-state index in [4.69, 9.17) is 10.5 Å². The van der Waals surface area contributed by atoms with E-state index in [1.165, 1.54) is 6.08 Å². The number of nitriles is 2. The Balaban J connectivity index is 2.08. The molecule has 5 heteroatoms. The average Bonchev–Trinajstić information content (AvgIpc) is 2.67. The summed E-state index contributed by atoms with van der Waals surface area (Å²) >= 11 is 0. The van der Waals surface area contributed by atoms with Crippen molar-refractivity contribution in [3.8, 4) is 12.1 Å². The van der Waals surface area contributed by atoms with Gasteiger partial charge in [-0.2, -0.15) is 10.5 Å². The number of aryl methyl sites for hydroxylation is 2. The van der Waals surface area contributed by atoms with Crippen molar-refractivity contribution in [3.05, 3.63) is 65.2 Å². The number of carbonyl (C=O) groups excluding carboxylic acids is 1. The Hall–Kier alpha value is -3.57. The van der Waals surface area contributed by atoms with Gasteiger partial charge in [-0.05, 0) is 60.9 Å². The lowest BCUT2D eigenvalue weighted by molar-refractivity contribution is -0.111. The highest BCUT2D eigenvalue weighted by Gasteiger charge is 2.08. The van der Waals surface area contributed by atoms with Crippen LogP contribution in [0.1, 0.15) is 29.5 Å². The maximum Gasteiger partial charge on any atom is 0.248 e. The molecule has 0 unspecified atom stereocenters. The van der Waals surface area contributed by atoms with E-state index in [9.17, 15) is 4.79 Å². The molecule has 0 spiro atoms. The molecule has 0 aromatic heterocycles. The lowest BCUT2D eigenvalue weighted by atomic mass is 10.1. The van der Waals surface area contributed by atoms with E-state index in [-0.39, 0.29) is 5.91 Å². The molecule has 2 aromatic rings. The molecular weight excluding hydrogens is 348 g/mol. The van der Waals surface area contributed by atoms with Gasteiger partial charge in [0, 0.05) is 30.5 Å². The van der Waals surface area contributed by atoms with Crippen molar-refractivity contribution in [1.82, 2.24) is 0 Å². The summed E-state index contributed by atoms with van der Waals surface area (Å²) in [4.78, 5) is 14.2. The number of anilines is 2. The van der Waals surface area contributed by atoms with Crippen molar-refractivity contribution in [3.63, 3.8) is 0 Å². The van der Waals surface area contributed by atoms with Gasteiger partial charge in [-0.15, -0.1) is 0 Å². The molecule has 0 aliphatic heterocycles. The summed E-state index contributed by atoms with van der Waals surface area (Å²) in [7, 11) is 0. The molecule has 0 fully saturated rings. The molecule has 0 aliphatic carbocycles. The fourth-order valence-electron chi connectivity index (χ4n) is 2.86. The fraction of sp³-hybridized carbons (Fsp3) is 0.261. The summed E-state index contributed by atoms with van der Waals surface area (Å²) in [6.07, 6.45) is 4.13. The van der Waals surface area contributed by atoms with Crippen LogP contribution in [-0.4, -0.2) is 19.0 Å². The minimum Gasteiger partial charge on any atom is -0.369 e. The first-order valence-corrected chi connectivity index (χ1v) is 9.18. The second-order valence-electron chi connectivity index (χ2n) is 6.54. The number of nitrogens with zero attached hydrogens (tertiary/aromatic N) is 3. The molecule has 142 valence electrons. The predicted octanol–water partition coefficient (Wildman–Crippen LogP) is 4.59. The van der Waals surface area contributed by atoms with Gasteiger partial charge in [-0.1, -0.05) is 18.2 Å². The van der Waals surface area contributed by atoms with Crippen molar-refractivity contribution >= 4 is 23.4 Å². The van der Waals surface area contributed by atoms with E-state index >= 15 is 0 Å². The molecule has 0 saturated carbocycles. The average molecular weight is 372 g/mol. The normalized spacial score (nSPS) is 10.3. The van der Waals surface area contributed by atoms with Gasteiger partial charge in [0.1, 0.15) is 0 Å². The first-order chi connectivity index (χ1) is 13.5. The van der Waals surface area contributed by atoms with E-state index in [2.05, 4.69) is 17.5 Å². The third-order valence-electron chi connectivity index (χ3n) is 4.31. The van der Waals surface area contributed by atoms with E-state index < -0.39 is 0 Å². The number of hydrogen-bond acceptors (Lipinski definition) is 4. The highest BCUT2D eigenvalue weighted by Crippen LogP contribution is 2.21. The van der Waals surface area contributed by atoms with Crippen molar-refractivity contribution < 1.29 is 4.79 Å². The molecule has 5 nitrogen and oxygen atoms in total. The Kier molecular flexibility index (Phi) is 7.81.